The summed E-state index contributed by atoms with van der Waals surface area (Å²) in [5, 5.41) is 9.30. The monoisotopic (exact) mass is 1160 g/mol. The lowest BCUT2D eigenvalue weighted by molar-refractivity contribution is -0.197. The van der Waals surface area contributed by atoms with E-state index in [-0.39, 0.29) is 73.1 Å². The number of nitrogens with one attached hydrogen (secondary N) is 3. The van der Waals surface area contributed by atoms with Gasteiger partial charge in [0.15, 0.2) is 0 Å². The molecule has 7 aromatic rings. The van der Waals surface area contributed by atoms with E-state index in [1.54, 1.807) is 24.3 Å². The molecule has 12 rings (SSSR count). The fourth-order valence-corrected chi connectivity index (χ4v) is 12.7. The van der Waals surface area contributed by atoms with Gasteiger partial charge in [0, 0.05) is 86.0 Å². The number of nitrogens with zero attached hydrogens (tertiary/aromatic N) is 9. The topological polar surface area (TPSA) is 289 Å². The molecule has 1 fully saturated rings. The zero-order chi connectivity index (χ0) is 57.6. The molecule has 7 aromatic heterocycles. The average Bonchev–Trinajstić information content (AvgIpc) is 4.13. The van der Waals surface area contributed by atoms with Crippen molar-refractivity contribution in [1.82, 2.24) is 60.7 Å². The summed E-state index contributed by atoms with van der Waals surface area (Å²) < 4.78 is 35.6. The van der Waals surface area contributed by atoms with Crippen LogP contribution < -0.4 is 16.0 Å². The highest BCUT2D eigenvalue weighted by molar-refractivity contribution is 7.86. The van der Waals surface area contributed by atoms with E-state index >= 15 is 0 Å². The number of unbranched alkanes of at least 4 members (excludes halogenated alkanes) is 2. The highest BCUT2D eigenvalue weighted by Gasteiger charge is 2.33. The van der Waals surface area contributed by atoms with Gasteiger partial charge in [-0.2, -0.15) is 8.42 Å². The van der Waals surface area contributed by atoms with E-state index in [4.69, 9.17) is 34.7 Å². The molecular weight excluding hydrogens is 1100 g/mol. The number of pyridine rings is 6. The highest BCUT2D eigenvalue weighted by atomic mass is 32.2. The minimum atomic E-state index is -4.73. The summed E-state index contributed by atoms with van der Waals surface area (Å²) in [6.07, 6.45) is 2.71. The molecule has 16 bridgehead atoms. The minimum absolute atomic E-state index is 0.0120. The lowest BCUT2D eigenvalue weighted by Crippen LogP contribution is -2.46. The SMILES string of the molecule is O=C(CCCCCc1cc(S(=O)(=O)O)c(CNC(=O)C2CCCCNC(=O)c3cc4nc(c3)-c3cc(cc(n3)CN3Cc5cccc(n5)-c5cccc(n5)CN(Cc5cccc(n5)-c5cccc(n5)C3)C4)C(=O)N2)s1)ON1C(=O)CCC1=O. The number of fused-ring (bicyclic) bond motifs is 2. The molecule has 0 radical (unpaired) electrons. The van der Waals surface area contributed by atoms with Crippen LogP contribution in [0.3, 0.4) is 0 Å². The fraction of sp³-hybridized carbons (Fsp3) is 0.322. The second-order valence-corrected chi connectivity index (χ2v) is 23.5. The van der Waals surface area contributed by atoms with Crippen molar-refractivity contribution in [3.8, 4) is 34.2 Å². The second kappa shape index (κ2) is 24.9. The molecule has 0 aliphatic carbocycles. The number of hydroxylamine groups is 2. The summed E-state index contributed by atoms with van der Waals surface area (Å²) >= 11 is 1.09. The third-order valence-corrected chi connectivity index (χ3v) is 16.7. The number of carbonyl (C=O) groups is 6. The van der Waals surface area contributed by atoms with Crippen LogP contribution in [0.25, 0.3) is 34.2 Å². The normalized spacial score (nSPS) is 18.2. The first-order valence-corrected chi connectivity index (χ1v) is 29.7. The van der Waals surface area contributed by atoms with Crippen molar-refractivity contribution in [3.05, 3.63) is 158 Å². The van der Waals surface area contributed by atoms with Crippen molar-refractivity contribution < 1.29 is 46.6 Å². The number of imide groups is 1. The molecule has 5 amide bonds. The molecule has 1 saturated heterocycles. The third kappa shape index (κ3) is 14.0. The summed E-state index contributed by atoms with van der Waals surface area (Å²) in [5.41, 5.74) is 7.99. The number of aryl methyl sites for hydroxylation is 1. The summed E-state index contributed by atoms with van der Waals surface area (Å²) in [4.78, 5) is 120. The third-order valence-electron chi connectivity index (χ3n) is 14.5. The molecule has 0 saturated carbocycles. The molecule has 12 heterocycles. The van der Waals surface area contributed by atoms with Gasteiger partial charge in [0.1, 0.15) is 10.9 Å². The van der Waals surface area contributed by atoms with E-state index in [2.05, 4.69) is 25.8 Å². The zero-order valence-corrected chi connectivity index (χ0v) is 46.7. The van der Waals surface area contributed by atoms with Gasteiger partial charge in [-0.25, -0.2) is 34.7 Å². The van der Waals surface area contributed by atoms with Gasteiger partial charge < -0.3 is 20.8 Å². The Morgan fingerprint density at radius 2 is 1.11 bits per heavy atom. The largest absolute Gasteiger partial charge is 0.352 e. The summed E-state index contributed by atoms with van der Waals surface area (Å²) in [5.74, 6) is -3.40. The molecule has 426 valence electrons. The molecule has 0 aromatic carbocycles. The van der Waals surface area contributed by atoms with Crippen molar-refractivity contribution in [2.75, 3.05) is 6.54 Å². The fourth-order valence-electron chi connectivity index (χ4n) is 10.5. The highest BCUT2D eigenvalue weighted by Crippen LogP contribution is 2.30. The first-order valence-electron chi connectivity index (χ1n) is 27.5. The van der Waals surface area contributed by atoms with Crippen LogP contribution in [0.5, 0.6) is 0 Å². The summed E-state index contributed by atoms with van der Waals surface area (Å²) in [6, 6.07) is 30.3. The van der Waals surface area contributed by atoms with Crippen LogP contribution in [0.4, 0.5) is 0 Å². The predicted molar refractivity (Wildman–Crippen MR) is 301 cm³/mol. The molecule has 0 spiro atoms. The number of aromatic nitrogens is 6. The quantitative estimate of drug-likeness (QED) is 0.0616. The van der Waals surface area contributed by atoms with E-state index in [9.17, 15) is 41.7 Å². The van der Waals surface area contributed by atoms with Gasteiger partial charge in [-0.05, 0) is 117 Å². The van der Waals surface area contributed by atoms with E-state index in [1.807, 2.05) is 72.8 Å². The second-order valence-electron chi connectivity index (χ2n) is 20.9. The molecule has 24 heteroatoms. The van der Waals surface area contributed by atoms with Crippen LogP contribution >= 0.6 is 11.3 Å². The number of rotatable bonds is 11. The predicted octanol–water partition coefficient (Wildman–Crippen LogP) is 6.44. The molecule has 5 aliphatic heterocycles. The van der Waals surface area contributed by atoms with Crippen LogP contribution in [-0.4, -0.2) is 106 Å². The Balaban J connectivity index is 0.898. The molecular formula is C59H58N12O10S2. The number of thiophene rings is 1. The van der Waals surface area contributed by atoms with Crippen LogP contribution in [-0.2, 0) is 86.4 Å². The molecule has 1 unspecified atom stereocenters. The molecule has 5 aliphatic rings. The van der Waals surface area contributed by atoms with Crippen LogP contribution in [0.15, 0.2) is 108 Å². The number of amides is 5. The van der Waals surface area contributed by atoms with Gasteiger partial charge in [0.05, 0.1) is 74.9 Å². The number of hydrogen-bond acceptors (Lipinski definition) is 18. The lowest BCUT2D eigenvalue weighted by atomic mass is 10.1. The molecule has 83 heavy (non-hydrogen) atoms. The van der Waals surface area contributed by atoms with Crippen LogP contribution in [0, 0.1) is 0 Å². The Morgan fingerprint density at radius 3 is 1.63 bits per heavy atom. The van der Waals surface area contributed by atoms with Gasteiger partial charge in [0.25, 0.3) is 33.7 Å². The van der Waals surface area contributed by atoms with Crippen molar-refractivity contribution in [3.63, 3.8) is 0 Å². The Labute approximate surface area is 481 Å². The van der Waals surface area contributed by atoms with Crippen LogP contribution in [0.2, 0.25) is 0 Å². The van der Waals surface area contributed by atoms with Gasteiger partial charge >= 0.3 is 5.97 Å². The standard InChI is InChI=1S/C59H58N12O10S2/c72-54-21-22-55(73)71(54)81-56(74)20-3-1-2-14-44-28-53(83(78,79)80)52(82-44)29-61-59(77)49-15-4-5-23-60-57(75)36-24-42-34-69-30-38-10-6-16-45(62-38)47-18-8-12-40(64-47)32-70(33-41-13-9-19-48(65-41)46-17-7-11-39(31-69)63-46)35-43-25-37(58(76)68-49)27-51(67-43)50(26-36)66-42/h6-13,16-19,24-28,49H,1-5,14-15,20-23,29-35H2,(H,60,75)(H,61,77)(H,68,76)(H,78,79,80). The number of hydrogen-bond donors (Lipinski definition) is 4. The Hall–Kier alpha value is -8.55. The van der Waals surface area contributed by atoms with Gasteiger partial charge in [-0.1, -0.05) is 30.7 Å². The van der Waals surface area contributed by atoms with Crippen molar-refractivity contribution in [2.24, 2.45) is 0 Å². The van der Waals surface area contributed by atoms with Crippen LogP contribution in [0.1, 0.15) is 122 Å². The van der Waals surface area contributed by atoms with E-state index < -0.39 is 45.8 Å². The Bertz CT molecular complexity index is 3690. The van der Waals surface area contributed by atoms with Crippen molar-refractivity contribution in [2.45, 2.75) is 121 Å². The maximum Gasteiger partial charge on any atom is 0.333 e. The average molecular weight is 1160 g/mol. The molecule has 4 N–H and O–H groups in total. The smallest absolute Gasteiger partial charge is 0.333 e. The first kappa shape index (κ1) is 56.3. The van der Waals surface area contributed by atoms with E-state index in [1.165, 1.54) is 6.07 Å². The summed E-state index contributed by atoms with van der Waals surface area (Å²) in [7, 11) is -4.73. The van der Waals surface area contributed by atoms with Gasteiger partial charge in [-0.3, -0.25) is 38.3 Å². The van der Waals surface area contributed by atoms with Crippen molar-refractivity contribution >= 4 is 57.0 Å². The van der Waals surface area contributed by atoms with Gasteiger partial charge in [-0.15, -0.1) is 16.4 Å². The molecule has 22 nitrogen and oxygen atoms in total. The lowest BCUT2D eigenvalue weighted by Gasteiger charge is -2.24. The Morgan fingerprint density at radius 1 is 0.614 bits per heavy atom. The minimum Gasteiger partial charge on any atom is -0.352 e. The summed E-state index contributed by atoms with van der Waals surface area (Å²) in [6.45, 7) is 1.77. The number of carbonyl (C=O) groups excluding carboxylic acids is 6. The maximum atomic E-state index is 14.9. The first-order chi connectivity index (χ1) is 40.1. The maximum absolute atomic E-state index is 14.9. The van der Waals surface area contributed by atoms with Gasteiger partial charge in [0.2, 0.25) is 5.91 Å². The Kier molecular flexibility index (Phi) is 16.9. The van der Waals surface area contributed by atoms with Crippen molar-refractivity contribution in [1.29, 1.82) is 0 Å². The zero-order valence-electron chi connectivity index (χ0n) is 45.1. The van der Waals surface area contributed by atoms with E-state index in [0.29, 0.717) is 126 Å². The van der Waals surface area contributed by atoms with E-state index in [0.717, 1.165) is 34.1 Å². The molecule has 1 atom stereocenters.